The molecule has 1 rings (SSSR count). The van der Waals surface area contributed by atoms with Gasteiger partial charge in [-0.25, -0.2) is 18.4 Å². The molecule has 0 aliphatic carbocycles. The lowest BCUT2D eigenvalue weighted by atomic mass is 10.2. The van der Waals surface area contributed by atoms with Gasteiger partial charge in [-0.1, -0.05) is 11.3 Å². The zero-order valence-electron chi connectivity index (χ0n) is 15.3. The first-order valence-corrected chi connectivity index (χ1v) is 10.0. The van der Waals surface area contributed by atoms with Crippen LogP contribution >= 0.6 is 11.3 Å². The number of aromatic nitrogens is 2. The minimum absolute atomic E-state index is 0.00761. The maximum Gasteiger partial charge on any atom is 0.410 e. The summed E-state index contributed by atoms with van der Waals surface area (Å²) < 4.78 is 26.9. The van der Waals surface area contributed by atoms with Crippen LogP contribution in [-0.2, 0) is 24.3 Å². The number of hydrogen-bond donors (Lipinski definition) is 3. The summed E-state index contributed by atoms with van der Waals surface area (Å²) in [6.07, 6.45) is -0.732. The molecule has 0 fully saturated rings. The van der Waals surface area contributed by atoms with E-state index in [9.17, 15) is 22.8 Å². The Kier molecular flexibility index (Phi) is 7.62. The number of sulfonamides is 1. The molecule has 0 atom stereocenters. The highest BCUT2D eigenvalue weighted by Crippen LogP contribution is 2.18. The van der Waals surface area contributed by atoms with E-state index < -0.39 is 37.9 Å². The number of carbonyl (C=O) groups is 3. The van der Waals surface area contributed by atoms with Crippen LogP contribution in [0.2, 0.25) is 0 Å². The molecule has 14 heteroatoms. The molecule has 0 radical (unpaired) electrons. The zero-order chi connectivity index (χ0) is 20.8. The molecule has 0 aliphatic heterocycles. The Balaban J connectivity index is 2.35. The molecule has 4 N–H and O–H groups in total. The zero-order valence-corrected chi connectivity index (χ0v) is 16.9. The largest absolute Gasteiger partial charge is 0.444 e. The quantitative estimate of drug-likeness (QED) is 0.493. The number of rotatable bonds is 7. The summed E-state index contributed by atoms with van der Waals surface area (Å²) in [5, 5.41) is 16.5. The van der Waals surface area contributed by atoms with Gasteiger partial charge in [-0.2, -0.15) is 0 Å². The van der Waals surface area contributed by atoms with Gasteiger partial charge in [0.1, 0.15) is 12.1 Å². The lowest BCUT2D eigenvalue weighted by Gasteiger charge is -2.24. The SMILES string of the molecule is CN(CC(=O)NCCC(=O)Nc1nnc(S(N)(=O)=O)s1)C(=O)OC(C)(C)C. The molecule has 0 aromatic carbocycles. The standard InChI is InChI=1S/C13H22N6O6S2/c1-13(2,3)25-12(22)19(4)7-9(21)15-6-5-8(20)16-10-17-18-11(26-10)27(14,23)24/h5-7H2,1-4H3,(H,15,21)(H2,14,23,24)(H,16,17,20). The highest BCUT2D eigenvalue weighted by atomic mass is 32.2. The molecule has 12 nitrogen and oxygen atoms in total. The van der Waals surface area contributed by atoms with Crippen molar-refractivity contribution in [1.29, 1.82) is 0 Å². The smallest absolute Gasteiger partial charge is 0.410 e. The minimum Gasteiger partial charge on any atom is -0.444 e. The molecule has 0 unspecified atom stereocenters. The molecule has 0 bridgehead atoms. The number of nitrogens with one attached hydrogen (secondary N) is 2. The summed E-state index contributed by atoms with van der Waals surface area (Å²) in [5.74, 6) is -0.975. The number of amides is 3. The Bertz CT molecular complexity index is 800. The normalized spacial score (nSPS) is 11.6. The number of ether oxygens (including phenoxy) is 1. The van der Waals surface area contributed by atoms with E-state index in [-0.39, 0.29) is 24.6 Å². The molecular weight excluding hydrogens is 400 g/mol. The van der Waals surface area contributed by atoms with Crippen LogP contribution in [-0.4, -0.2) is 67.2 Å². The Hall–Kier alpha value is -2.32. The number of hydrogen-bond acceptors (Lipinski definition) is 9. The van der Waals surface area contributed by atoms with E-state index in [1.165, 1.54) is 7.05 Å². The minimum atomic E-state index is -3.98. The van der Waals surface area contributed by atoms with Crippen molar-refractivity contribution in [3.8, 4) is 0 Å². The van der Waals surface area contributed by atoms with Crippen LogP contribution in [0.1, 0.15) is 27.2 Å². The van der Waals surface area contributed by atoms with Crippen molar-refractivity contribution in [2.75, 3.05) is 25.5 Å². The highest BCUT2D eigenvalue weighted by Gasteiger charge is 2.21. The third-order valence-electron chi connectivity index (χ3n) is 2.66. The lowest BCUT2D eigenvalue weighted by molar-refractivity contribution is -0.122. The van der Waals surface area contributed by atoms with Gasteiger partial charge in [-0.15, -0.1) is 10.2 Å². The van der Waals surface area contributed by atoms with Crippen LogP contribution < -0.4 is 15.8 Å². The van der Waals surface area contributed by atoms with Crippen molar-refractivity contribution in [1.82, 2.24) is 20.4 Å². The molecule has 27 heavy (non-hydrogen) atoms. The molecular formula is C13H22N6O6S2. The number of carbonyl (C=O) groups excluding carboxylic acids is 3. The molecule has 0 saturated heterocycles. The molecule has 0 aliphatic rings. The lowest BCUT2D eigenvalue weighted by Crippen LogP contribution is -2.41. The van der Waals surface area contributed by atoms with Crippen LogP contribution in [0.15, 0.2) is 4.34 Å². The van der Waals surface area contributed by atoms with Gasteiger partial charge >= 0.3 is 6.09 Å². The predicted molar refractivity (Wildman–Crippen MR) is 96.4 cm³/mol. The Morgan fingerprint density at radius 1 is 1.22 bits per heavy atom. The first-order valence-electron chi connectivity index (χ1n) is 7.65. The number of nitrogens with two attached hydrogens (primary N) is 1. The van der Waals surface area contributed by atoms with E-state index in [4.69, 9.17) is 9.88 Å². The van der Waals surface area contributed by atoms with Gasteiger partial charge < -0.3 is 20.3 Å². The van der Waals surface area contributed by atoms with Crippen LogP contribution in [0.4, 0.5) is 9.93 Å². The van der Waals surface area contributed by atoms with Gasteiger partial charge in [0.15, 0.2) is 0 Å². The third kappa shape index (κ3) is 8.74. The van der Waals surface area contributed by atoms with E-state index in [1.54, 1.807) is 20.8 Å². The molecule has 1 heterocycles. The fourth-order valence-corrected chi connectivity index (χ4v) is 2.90. The van der Waals surface area contributed by atoms with Crippen molar-refractivity contribution >= 4 is 44.4 Å². The van der Waals surface area contributed by atoms with Crippen LogP contribution in [0.25, 0.3) is 0 Å². The number of likely N-dealkylation sites (N-methyl/N-ethyl adjacent to an activating group) is 1. The molecule has 1 aromatic rings. The molecule has 3 amide bonds. The van der Waals surface area contributed by atoms with Crippen molar-refractivity contribution < 1.29 is 27.5 Å². The fraction of sp³-hybridized carbons (Fsp3) is 0.615. The van der Waals surface area contributed by atoms with Gasteiger partial charge in [-0.3, -0.25) is 9.59 Å². The van der Waals surface area contributed by atoms with E-state index in [0.29, 0.717) is 11.3 Å². The fourth-order valence-electron chi connectivity index (χ4n) is 1.55. The number of anilines is 1. The highest BCUT2D eigenvalue weighted by molar-refractivity contribution is 7.91. The van der Waals surface area contributed by atoms with Crippen molar-refractivity contribution in [3.63, 3.8) is 0 Å². The van der Waals surface area contributed by atoms with E-state index in [0.717, 1.165) is 4.90 Å². The van der Waals surface area contributed by atoms with Gasteiger partial charge in [0.25, 0.3) is 10.0 Å². The van der Waals surface area contributed by atoms with Gasteiger partial charge in [-0.05, 0) is 20.8 Å². The first-order chi connectivity index (χ1) is 12.3. The van der Waals surface area contributed by atoms with Crippen molar-refractivity contribution in [2.24, 2.45) is 5.14 Å². The second-order valence-corrected chi connectivity index (χ2v) is 9.12. The topological polar surface area (TPSA) is 174 Å². The van der Waals surface area contributed by atoms with Crippen LogP contribution in [0, 0.1) is 0 Å². The molecule has 0 saturated carbocycles. The van der Waals surface area contributed by atoms with Crippen molar-refractivity contribution in [3.05, 3.63) is 0 Å². The van der Waals surface area contributed by atoms with Crippen molar-refractivity contribution in [2.45, 2.75) is 37.1 Å². The summed E-state index contributed by atoms with van der Waals surface area (Å²) in [4.78, 5) is 36.4. The number of nitrogens with zero attached hydrogens (tertiary/aromatic N) is 3. The maximum absolute atomic E-state index is 11.8. The Labute approximate surface area is 160 Å². The molecule has 1 aromatic heterocycles. The summed E-state index contributed by atoms with van der Waals surface area (Å²) >= 11 is 0.611. The van der Waals surface area contributed by atoms with E-state index in [2.05, 4.69) is 20.8 Å². The first kappa shape index (κ1) is 22.7. The molecule has 152 valence electrons. The molecule has 0 spiro atoms. The predicted octanol–water partition coefficient (Wildman–Crippen LogP) is -0.503. The number of primary sulfonamides is 1. The third-order valence-corrected chi connectivity index (χ3v) is 4.81. The monoisotopic (exact) mass is 422 g/mol. The average molecular weight is 422 g/mol. The van der Waals surface area contributed by atoms with Gasteiger partial charge in [0.05, 0.1) is 0 Å². The van der Waals surface area contributed by atoms with Crippen LogP contribution in [0.3, 0.4) is 0 Å². The summed E-state index contributed by atoms with van der Waals surface area (Å²) in [7, 11) is -2.57. The van der Waals surface area contributed by atoms with Gasteiger partial charge in [0.2, 0.25) is 21.3 Å². The second kappa shape index (κ2) is 9.05. The van der Waals surface area contributed by atoms with Crippen LogP contribution in [0.5, 0.6) is 0 Å². The van der Waals surface area contributed by atoms with Gasteiger partial charge in [0, 0.05) is 20.0 Å². The maximum atomic E-state index is 11.8. The van der Waals surface area contributed by atoms with E-state index in [1.807, 2.05) is 0 Å². The summed E-state index contributed by atoms with van der Waals surface area (Å²) in [6.45, 7) is 4.90. The summed E-state index contributed by atoms with van der Waals surface area (Å²) in [5.41, 5.74) is -0.673. The van der Waals surface area contributed by atoms with E-state index >= 15 is 0 Å². The average Bonchev–Trinajstić information content (AvgIpc) is 2.93. The Morgan fingerprint density at radius 3 is 2.37 bits per heavy atom. The Morgan fingerprint density at radius 2 is 1.85 bits per heavy atom. The second-order valence-electron chi connectivity index (χ2n) is 6.40. The summed E-state index contributed by atoms with van der Waals surface area (Å²) in [6, 6.07) is 0.